The Morgan fingerprint density at radius 3 is 2.68 bits per heavy atom. The summed E-state index contributed by atoms with van der Waals surface area (Å²) in [5.74, 6) is 2.15. The number of nitrogens with zero attached hydrogens (tertiary/aromatic N) is 5. The average Bonchev–Trinajstić information content (AvgIpc) is 3.35. The van der Waals surface area contributed by atoms with E-state index >= 15 is 0 Å². The van der Waals surface area contributed by atoms with Crippen molar-refractivity contribution >= 4 is 11.4 Å². The molecule has 1 aliphatic rings. The standard InChI is InChI=1S/C28H23N5O4/c1-17(18-8-11-21(35-2)12-9-18)32-36-15-24-30-27-26-25(19-6-4-3-5-7-19)22-13-10-20(34)14-23(22)37-28(26)29-16-33(27)31-24/h3-14,16,25,34H,15H2,1-2H3/b32-17+/t25-/m1/s1. The number of hydrogen-bond acceptors (Lipinski definition) is 8. The van der Waals surface area contributed by atoms with E-state index in [1.165, 1.54) is 0 Å². The number of phenolic OH excluding ortho intramolecular Hbond substituents is 1. The molecule has 9 heteroatoms. The average molecular weight is 494 g/mol. The second-order valence-corrected chi connectivity index (χ2v) is 8.61. The molecule has 1 atom stereocenters. The molecule has 0 bridgehead atoms. The maximum atomic E-state index is 10.0. The van der Waals surface area contributed by atoms with Gasteiger partial charge in [0.1, 0.15) is 23.6 Å². The monoisotopic (exact) mass is 493 g/mol. The molecule has 5 aromatic rings. The molecule has 0 saturated heterocycles. The number of benzene rings is 3. The summed E-state index contributed by atoms with van der Waals surface area (Å²) in [7, 11) is 1.63. The van der Waals surface area contributed by atoms with E-state index in [4.69, 9.17) is 19.3 Å². The van der Waals surface area contributed by atoms with Crippen molar-refractivity contribution < 1.29 is 19.4 Å². The number of fused-ring (bicyclic) bond motifs is 4. The normalized spacial score (nSPS) is 14.5. The lowest BCUT2D eigenvalue weighted by Crippen LogP contribution is -2.14. The van der Waals surface area contributed by atoms with E-state index in [0.29, 0.717) is 23.1 Å². The third-order valence-corrected chi connectivity index (χ3v) is 6.27. The van der Waals surface area contributed by atoms with E-state index in [1.807, 2.05) is 55.5 Å². The van der Waals surface area contributed by atoms with Crippen LogP contribution in [0.4, 0.5) is 0 Å². The number of methoxy groups -OCH3 is 1. The molecular formula is C28H23N5O4. The van der Waals surface area contributed by atoms with Gasteiger partial charge in [0.15, 0.2) is 18.1 Å². The summed E-state index contributed by atoms with van der Waals surface area (Å²) in [5, 5.41) is 18.8. The molecule has 3 aromatic carbocycles. The van der Waals surface area contributed by atoms with Gasteiger partial charge in [-0.3, -0.25) is 0 Å². The molecule has 0 radical (unpaired) electrons. The van der Waals surface area contributed by atoms with Crippen LogP contribution in [0.2, 0.25) is 0 Å². The highest BCUT2D eigenvalue weighted by molar-refractivity contribution is 5.98. The molecule has 37 heavy (non-hydrogen) atoms. The highest BCUT2D eigenvalue weighted by atomic mass is 16.6. The Labute approximate surface area is 212 Å². The maximum Gasteiger partial charge on any atom is 0.228 e. The first-order valence-electron chi connectivity index (χ1n) is 11.7. The van der Waals surface area contributed by atoms with Crippen molar-refractivity contribution in [1.82, 2.24) is 19.6 Å². The molecule has 0 amide bonds. The van der Waals surface area contributed by atoms with E-state index in [9.17, 15) is 5.11 Å². The predicted molar refractivity (Wildman–Crippen MR) is 136 cm³/mol. The molecule has 1 N–H and O–H groups in total. The lowest BCUT2D eigenvalue weighted by Gasteiger charge is -2.27. The van der Waals surface area contributed by atoms with Crippen molar-refractivity contribution in [2.75, 3.05) is 7.11 Å². The van der Waals surface area contributed by atoms with Crippen molar-refractivity contribution in [3.63, 3.8) is 0 Å². The molecular weight excluding hydrogens is 470 g/mol. The van der Waals surface area contributed by atoms with Gasteiger partial charge in [-0.1, -0.05) is 41.6 Å². The number of aromatic hydroxyl groups is 1. The van der Waals surface area contributed by atoms with Gasteiger partial charge in [-0.15, -0.1) is 5.10 Å². The van der Waals surface area contributed by atoms with Crippen molar-refractivity contribution in [2.24, 2.45) is 5.16 Å². The van der Waals surface area contributed by atoms with Crippen LogP contribution in [0.1, 0.15) is 40.9 Å². The number of aromatic nitrogens is 4. The molecule has 0 unspecified atom stereocenters. The van der Waals surface area contributed by atoms with E-state index in [0.717, 1.165) is 33.7 Å². The predicted octanol–water partition coefficient (Wildman–Crippen LogP) is 5.07. The topological polar surface area (TPSA) is 103 Å². The molecule has 0 spiro atoms. The number of ether oxygens (including phenoxy) is 2. The Balaban J connectivity index is 1.33. The summed E-state index contributed by atoms with van der Waals surface area (Å²) in [6, 6.07) is 22.8. The fourth-order valence-electron chi connectivity index (χ4n) is 4.47. The fraction of sp³-hybridized carbons (Fsp3) is 0.143. The number of oxime groups is 1. The van der Waals surface area contributed by atoms with Gasteiger partial charge in [-0.2, -0.15) is 0 Å². The zero-order valence-electron chi connectivity index (χ0n) is 20.2. The highest BCUT2D eigenvalue weighted by Gasteiger charge is 2.33. The fourth-order valence-corrected chi connectivity index (χ4v) is 4.47. The summed E-state index contributed by atoms with van der Waals surface area (Å²) in [6.07, 6.45) is 1.56. The van der Waals surface area contributed by atoms with Crippen molar-refractivity contribution in [3.05, 3.63) is 107 Å². The minimum Gasteiger partial charge on any atom is -0.508 e. The smallest absolute Gasteiger partial charge is 0.228 e. The van der Waals surface area contributed by atoms with Gasteiger partial charge >= 0.3 is 0 Å². The largest absolute Gasteiger partial charge is 0.508 e. The summed E-state index contributed by atoms with van der Waals surface area (Å²) < 4.78 is 12.9. The number of phenols is 1. The van der Waals surface area contributed by atoms with Crippen LogP contribution >= 0.6 is 0 Å². The van der Waals surface area contributed by atoms with Crippen molar-refractivity contribution in [2.45, 2.75) is 19.4 Å². The lowest BCUT2D eigenvalue weighted by molar-refractivity contribution is 0.125. The molecule has 1 aliphatic heterocycles. The van der Waals surface area contributed by atoms with Crippen LogP contribution in [-0.2, 0) is 11.4 Å². The second kappa shape index (κ2) is 9.27. The molecule has 184 valence electrons. The van der Waals surface area contributed by atoms with Gasteiger partial charge in [0.05, 0.1) is 18.4 Å². The Kier molecular flexibility index (Phi) is 5.65. The van der Waals surface area contributed by atoms with Gasteiger partial charge in [-0.25, -0.2) is 14.5 Å². The van der Waals surface area contributed by atoms with Gasteiger partial charge in [0.25, 0.3) is 0 Å². The molecule has 6 rings (SSSR count). The minimum atomic E-state index is -0.204. The SMILES string of the molecule is COc1ccc(/C(C)=N/OCc2nc3c4c(ncn3n2)Oc2cc(O)ccc2[C@H]4c2ccccc2)cc1. The van der Waals surface area contributed by atoms with E-state index in [1.54, 1.807) is 30.1 Å². The molecule has 9 nitrogen and oxygen atoms in total. The van der Waals surface area contributed by atoms with Crippen LogP contribution in [0.25, 0.3) is 5.65 Å². The third-order valence-electron chi connectivity index (χ3n) is 6.27. The van der Waals surface area contributed by atoms with E-state index < -0.39 is 0 Å². The van der Waals surface area contributed by atoms with Crippen LogP contribution < -0.4 is 9.47 Å². The summed E-state index contributed by atoms with van der Waals surface area (Å²) in [5.41, 5.74) is 5.02. The Morgan fingerprint density at radius 2 is 1.89 bits per heavy atom. The first-order chi connectivity index (χ1) is 18.1. The van der Waals surface area contributed by atoms with Gasteiger partial charge in [-0.05, 0) is 48.4 Å². The first-order valence-corrected chi connectivity index (χ1v) is 11.7. The molecule has 3 heterocycles. The van der Waals surface area contributed by atoms with Crippen LogP contribution in [0, 0.1) is 0 Å². The Hall–Kier alpha value is -4.92. The zero-order valence-corrected chi connectivity index (χ0v) is 20.2. The summed E-state index contributed by atoms with van der Waals surface area (Å²) in [4.78, 5) is 14.8. The van der Waals surface area contributed by atoms with Gasteiger partial charge in [0, 0.05) is 17.5 Å². The van der Waals surface area contributed by atoms with E-state index in [2.05, 4.69) is 27.4 Å². The number of rotatable bonds is 6. The second-order valence-electron chi connectivity index (χ2n) is 8.61. The molecule has 2 aromatic heterocycles. The Bertz CT molecular complexity index is 1610. The third kappa shape index (κ3) is 4.20. The van der Waals surface area contributed by atoms with Crippen LogP contribution in [0.15, 0.2) is 84.3 Å². The molecule has 0 saturated carbocycles. The Morgan fingerprint density at radius 1 is 1.08 bits per heavy atom. The van der Waals surface area contributed by atoms with Crippen LogP contribution in [0.5, 0.6) is 23.1 Å². The quantitative estimate of drug-likeness (QED) is 0.255. The van der Waals surface area contributed by atoms with Crippen molar-refractivity contribution in [3.8, 4) is 23.1 Å². The minimum absolute atomic E-state index is 0.0886. The van der Waals surface area contributed by atoms with Crippen LogP contribution in [-0.4, -0.2) is 37.5 Å². The van der Waals surface area contributed by atoms with E-state index in [-0.39, 0.29) is 18.3 Å². The van der Waals surface area contributed by atoms with Gasteiger partial charge < -0.3 is 19.4 Å². The highest BCUT2D eigenvalue weighted by Crippen LogP contribution is 2.48. The number of hydrogen-bond donors (Lipinski definition) is 1. The van der Waals surface area contributed by atoms with Crippen LogP contribution in [0.3, 0.4) is 0 Å². The molecule has 0 fully saturated rings. The summed E-state index contributed by atoms with van der Waals surface area (Å²) in [6.45, 7) is 1.96. The lowest BCUT2D eigenvalue weighted by atomic mass is 9.84. The zero-order chi connectivity index (χ0) is 25.4. The van der Waals surface area contributed by atoms with Crippen molar-refractivity contribution in [1.29, 1.82) is 0 Å². The molecule has 0 aliphatic carbocycles. The first kappa shape index (κ1) is 22.5. The summed E-state index contributed by atoms with van der Waals surface area (Å²) >= 11 is 0. The maximum absolute atomic E-state index is 10.0. The van der Waals surface area contributed by atoms with Gasteiger partial charge in [0.2, 0.25) is 5.88 Å².